The lowest BCUT2D eigenvalue weighted by Gasteiger charge is -2.25. The van der Waals surface area contributed by atoms with E-state index in [1.165, 1.54) is 12.1 Å². The number of amides is 1. The van der Waals surface area contributed by atoms with Crippen molar-refractivity contribution in [1.82, 2.24) is 14.7 Å². The minimum absolute atomic E-state index is 0.0953. The average Bonchev–Trinajstić information content (AvgIpc) is 3.02. The van der Waals surface area contributed by atoms with Gasteiger partial charge in [0.2, 0.25) is 5.91 Å². The monoisotopic (exact) mass is 317 g/mol. The summed E-state index contributed by atoms with van der Waals surface area (Å²) in [6, 6.07) is 7.79. The molecule has 1 aromatic heterocycles. The number of aryl methyl sites for hydroxylation is 2. The number of carbonyl (C=O) groups excluding carboxylic acids is 1. The zero-order valence-electron chi connectivity index (χ0n) is 13.2. The molecular weight excluding hydrogens is 297 g/mol. The molecule has 0 spiro atoms. The molecule has 2 unspecified atom stereocenters. The maximum Gasteiger partial charge on any atom is 0.244 e. The summed E-state index contributed by atoms with van der Waals surface area (Å²) in [6.07, 6.45) is -0.0939. The number of hydrogen-bond acceptors (Lipinski definition) is 3. The minimum atomic E-state index is -0.561. The molecule has 1 aliphatic rings. The van der Waals surface area contributed by atoms with Crippen LogP contribution in [0.15, 0.2) is 30.3 Å². The number of halogens is 1. The van der Waals surface area contributed by atoms with Gasteiger partial charge in [-0.05, 0) is 44.0 Å². The van der Waals surface area contributed by atoms with E-state index in [4.69, 9.17) is 0 Å². The standard InChI is InChI=1S/C17H20FN3O2/c1-11-7-12(2)21(19-11)10-17(23)20-9-15(22)8-16(20)13-3-5-14(18)6-4-13/h3-7,15-16,22H,8-10H2,1-2H3. The van der Waals surface area contributed by atoms with Gasteiger partial charge in [-0.3, -0.25) is 9.48 Å². The fourth-order valence-corrected chi connectivity index (χ4v) is 3.14. The number of aromatic nitrogens is 2. The van der Waals surface area contributed by atoms with E-state index < -0.39 is 6.10 Å². The Morgan fingerprint density at radius 3 is 2.65 bits per heavy atom. The van der Waals surface area contributed by atoms with Gasteiger partial charge in [0.15, 0.2) is 0 Å². The smallest absolute Gasteiger partial charge is 0.244 e. The van der Waals surface area contributed by atoms with Gasteiger partial charge >= 0.3 is 0 Å². The molecule has 2 aromatic rings. The molecule has 1 aromatic carbocycles. The number of carbonyl (C=O) groups is 1. The van der Waals surface area contributed by atoms with Crippen LogP contribution in [0.5, 0.6) is 0 Å². The Hall–Kier alpha value is -2.21. The van der Waals surface area contributed by atoms with Crippen LogP contribution < -0.4 is 0 Å². The van der Waals surface area contributed by atoms with Gasteiger partial charge in [-0.2, -0.15) is 5.10 Å². The van der Waals surface area contributed by atoms with Crippen molar-refractivity contribution in [3.8, 4) is 0 Å². The van der Waals surface area contributed by atoms with Crippen molar-refractivity contribution in [3.63, 3.8) is 0 Å². The minimum Gasteiger partial charge on any atom is -0.391 e. The van der Waals surface area contributed by atoms with E-state index in [1.54, 1.807) is 21.7 Å². The van der Waals surface area contributed by atoms with Gasteiger partial charge in [-0.1, -0.05) is 12.1 Å². The second-order valence-corrected chi connectivity index (χ2v) is 6.09. The predicted molar refractivity (Wildman–Crippen MR) is 83.2 cm³/mol. The predicted octanol–water partition coefficient (Wildman–Crippen LogP) is 1.97. The summed E-state index contributed by atoms with van der Waals surface area (Å²) in [7, 11) is 0. The number of rotatable bonds is 3. The molecule has 1 aliphatic heterocycles. The number of hydrogen-bond donors (Lipinski definition) is 1. The third kappa shape index (κ3) is 3.27. The normalized spacial score (nSPS) is 21.0. The Balaban J connectivity index is 1.80. The topological polar surface area (TPSA) is 58.4 Å². The molecule has 1 saturated heterocycles. The quantitative estimate of drug-likeness (QED) is 0.941. The van der Waals surface area contributed by atoms with Crippen LogP contribution in [0.2, 0.25) is 0 Å². The lowest BCUT2D eigenvalue weighted by Crippen LogP contribution is -2.35. The highest BCUT2D eigenvalue weighted by Crippen LogP contribution is 2.32. The summed E-state index contributed by atoms with van der Waals surface area (Å²) in [5.74, 6) is -0.408. The molecule has 0 aliphatic carbocycles. The maximum atomic E-state index is 13.1. The van der Waals surface area contributed by atoms with E-state index in [-0.39, 0.29) is 24.3 Å². The van der Waals surface area contributed by atoms with Crippen LogP contribution in [0.1, 0.15) is 29.4 Å². The highest BCUT2D eigenvalue weighted by molar-refractivity contribution is 5.77. The largest absolute Gasteiger partial charge is 0.391 e. The molecule has 3 rings (SSSR count). The third-order valence-corrected chi connectivity index (χ3v) is 4.24. The summed E-state index contributed by atoms with van der Waals surface area (Å²) < 4.78 is 14.8. The van der Waals surface area contributed by atoms with E-state index in [0.717, 1.165) is 17.0 Å². The molecule has 0 radical (unpaired) electrons. The SMILES string of the molecule is Cc1cc(C)n(CC(=O)N2CC(O)CC2c2ccc(F)cc2)n1. The van der Waals surface area contributed by atoms with Crippen molar-refractivity contribution in [2.45, 2.75) is 39.0 Å². The van der Waals surface area contributed by atoms with Gasteiger partial charge in [0, 0.05) is 12.2 Å². The molecule has 2 atom stereocenters. The van der Waals surface area contributed by atoms with E-state index in [2.05, 4.69) is 5.10 Å². The average molecular weight is 317 g/mol. The van der Waals surface area contributed by atoms with Crippen molar-refractivity contribution in [1.29, 1.82) is 0 Å². The summed E-state index contributed by atoms with van der Waals surface area (Å²) in [4.78, 5) is 14.3. The maximum absolute atomic E-state index is 13.1. The first-order valence-electron chi connectivity index (χ1n) is 7.68. The molecule has 23 heavy (non-hydrogen) atoms. The fraction of sp³-hybridized carbons (Fsp3) is 0.412. The number of aliphatic hydroxyl groups excluding tert-OH is 1. The highest BCUT2D eigenvalue weighted by atomic mass is 19.1. The van der Waals surface area contributed by atoms with Gasteiger partial charge in [0.05, 0.1) is 17.8 Å². The van der Waals surface area contributed by atoms with Crippen LogP contribution in [-0.4, -0.2) is 38.3 Å². The molecule has 1 fully saturated rings. The van der Waals surface area contributed by atoms with Gasteiger partial charge in [-0.25, -0.2) is 4.39 Å². The molecule has 1 amide bonds. The number of nitrogens with zero attached hydrogens (tertiary/aromatic N) is 3. The summed E-state index contributed by atoms with van der Waals surface area (Å²) in [6.45, 7) is 4.22. The molecule has 122 valence electrons. The lowest BCUT2D eigenvalue weighted by molar-refractivity contribution is -0.133. The Labute approximate surface area is 134 Å². The van der Waals surface area contributed by atoms with Crippen LogP contribution in [0.25, 0.3) is 0 Å². The molecule has 0 bridgehead atoms. The van der Waals surface area contributed by atoms with Crippen LogP contribution >= 0.6 is 0 Å². The highest BCUT2D eigenvalue weighted by Gasteiger charge is 2.35. The Morgan fingerprint density at radius 1 is 1.35 bits per heavy atom. The van der Waals surface area contributed by atoms with Crippen molar-refractivity contribution >= 4 is 5.91 Å². The Morgan fingerprint density at radius 2 is 2.04 bits per heavy atom. The summed E-state index contributed by atoms with van der Waals surface area (Å²) in [5, 5.41) is 14.3. The Bertz CT molecular complexity index is 711. The number of β-amino-alcohol motifs (C(OH)–C–C–N with tert-alkyl or cyclic N) is 1. The second-order valence-electron chi connectivity index (χ2n) is 6.09. The molecule has 2 heterocycles. The third-order valence-electron chi connectivity index (χ3n) is 4.24. The zero-order chi connectivity index (χ0) is 16.6. The van der Waals surface area contributed by atoms with Crippen molar-refractivity contribution in [3.05, 3.63) is 53.1 Å². The first-order valence-corrected chi connectivity index (χ1v) is 7.68. The first kappa shape index (κ1) is 15.7. The molecule has 1 N–H and O–H groups in total. The van der Waals surface area contributed by atoms with Gasteiger partial charge in [0.25, 0.3) is 0 Å². The second kappa shape index (κ2) is 6.12. The van der Waals surface area contributed by atoms with Crippen LogP contribution in [-0.2, 0) is 11.3 Å². The lowest BCUT2D eigenvalue weighted by atomic mass is 10.0. The van der Waals surface area contributed by atoms with E-state index in [9.17, 15) is 14.3 Å². The molecular formula is C17H20FN3O2. The van der Waals surface area contributed by atoms with E-state index >= 15 is 0 Å². The first-order chi connectivity index (χ1) is 10.9. The summed E-state index contributed by atoms with van der Waals surface area (Å²) in [5.41, 5.74) is 2.63. The van der Waals surface area contributed by atoms with E-state index in [1.807, 2.05) is 19.9 Å². The zero-order valence-corrected chi connectivity index (χ0v) is 13.2. The van der Waals surface area contributed by atoms with Gasteiger partial charge in [0.1, 0.15) is 12.4 Å². The van der Waals surface area contributed by atoms with Crippen LogP contribution in [0, 0.1) is 19.7 Å². The Kier molecular flexibility index (Phi) is 4.17. The van der Waals surface area contributed by atoms with E-state index in [0.29, 0.717) is 13.0 Å². The molecule has 6 heteroatoms. The van der Waals surface area contributed by atoms with Crippen LogP contribution in [0.4, 0.5) is 4.39 Å². The molecule has 5 nitrogen and oxygen atoms in total. The van der Waals surface area contributed by atoms with Crippen molar-refractivity contribution in [2.24, 2.45) is 0 Å². The number of likely N-dealkylation sites (tertiary alicyclic amines) is 1. The fourth-order valence-electron chi connectivity index (χ4n) is 3.14. The van der Waals surface area contributed by atoms with Gasteiger partial charge in [-0.15, -0.1) is 0 Å². The van der Waals surface area contributed by atoms with Crippen LogP contribution in [0.3, 0.4) is 0 Å². The summed E-state index contributed by atoms with van der Waals surface area (Å²) >= 11 is 0. The molecule has 0 saturated carbocycles. The van der Waals surface area contributed by atoms with Crippen molar-refractivity contribution in [2.75, 3.05) is 6.54 Å². The number of aliphatic hydroxyl groups is 1. The number of benzene rings is 1. The van der Waals surface area contributed by atoms with Crippen molar-refractivity contribution < 1.29 is 14.3 Å². The van der Waals surface area contributed by atoms with Gasteiger partial charge < -0.3 is 10.0 Å².